The van der Waals surface area contributed by atoms with Crippen LogP contribution in [0.3, 0.4) is 0 Å². The number of rotatable bonds is 6. The van der Waals surface area contributed by atoms with Gasteiger partial charge in [-0.25, -0.2) is 8.42 Å². The van der Waals surface area contributed by atoms with Crippen molar-refractivity contribution in [2.75, 3.05) is 18.8 Å². The van der Waals surface area contributed by atoms with Gasteiger partial charge in [0, 0.05) is 12.2 Å². The Morgan fingerprint density at radius 2 is 1.95 bits per heavy atom. The predicted octanol–water partition coefficient (Wildman–Crippen LogP) is 0.327. The number of carbonyl (C=O) groups is 1. The fourth-order valence-electron chi connectivity index (χ4n) is 1.78. The van der Waals surface area contributed by atoms with Crippen molar-refractivity contribution in [1.82, 2.24) is 4.31 Å². The summed E-state index contributed by atoms with van der Waals surface area (Å²) in [6, 6.07) is 4.75. The Bertz CT molecular complexity index is 570. The van der Waals surface area contributed by atoms with Gasteiger partial charge in [-0.3, -0.25) is 4.79 Å². The number of benzene rings is 1. The molecule has 0 aliphatic heterocycles. The summed E-state index contributed by atoms with van der Waals surface area (Å²) in [5.74, 6) is -0.688. The fraction of sp³-hybridized carbons (Fsp3) is 0.417. The summed E-state index contributed by atoms with van der Waals surface area (Å²) in [7, 11) is -3.76. The van der Waals surface area contributed by atoms with Crippen LogP contribution in [0.5, 0.6) is 0 Å². The minimum absolute atomic E-state index is 0.137. The highest BCUT2D eigenvalue weighted by molar-refractivity contribution is 7.89. The summed E-state index contributed by atoms with van der Waals surface area (Å²) in [5.41, 5.74) is 11.8. The molecule has 0 fully saturated rings. The second-order valence-electron chi connectivity index (χ2n) is 4.12. The number of aryl methyl sites for hydroxylation is 1. The van der Waals surface area contributed by atoms with Crippen molar-refractivity contribution in [3.63, 3.8) is 0 Å². The van der Waals surface area contributed by atoms with E-state index in [4.69, 9.17) is 11.5 Å². The van der Waals surface area contributed by atoms with Gasteiger partial charge in [0.2, 0.25) is 15.9 Å². The molecule has 0 aliphatic carbocycles. The molecule has 0 heterocycles. The molecular weight excluding hydrogens is 266 g/mol. The van der Waals surface area contributed by atoms with Crippen molar-refractivity contribution in [1.29, 1.82) is 0 Å². The molecule has 0 saturated carbocycles. The van der Waals surface area contributed by atoms with Crippen LogP contribution in [-0.2, 0) is 21.2 Å². The third kappa shape index (κ3) is 3.45. The van der Waals surface area contributed by atoms with Crippen LogP contribution in [0.4, 0.5) is 5.69 Å². The lowest BCUT2D eigenvalue weighted by atomic mass is 10.1. The first-order valence-electron chi connectivity index (χ1n) is 5.99. The van der Waals surface area contributed by atoms with Gasteiger partial charge >= 0.3 is 0 Å². The summed E-state index contributed by atoms with van der Waals surface area (Å²) in [4.78, 5) is 11.1. The lowest BCUT2D eigenvalue weighted by Gasteiger charge is -2.20. The van der Waals surface area contributed by atoms with Crippen molar-refractivity contribution < 1.29 is 13.2 Å². The number of hydrogen-bond acceptors (Lipinski definition) is 4. The van der Waals surface area contributed by atoms with Crippen LogP contribution in [0, 0.1) is 0 Å². The minimum atomic E-state index is -3.76. The molecule has 19 heavy (non-hydrogen) atoms. The SMILES string of the molecule is CCc1ccc(N)cc1S(=O)(=O)N(CC)CC(N)=O. The molecule has 0 unspecified atom stereocenters. The number of nitrogen functional groups attached to an aromatic ring is 1. The average Bonchev–Trinajstić information content (AvgIpc) is 2.35. The molecule has 1 aromatic carbocycles. The first-order chi connectivity index (χ1) is 8.82. The van der Waals surface area contributed by atoms with E-state index in [1.54, 1.807) is 19.1 Å². The Kier molecular flexibility index (Phi) is 4.90. The monoisotopic (exact) mass is 285 g/mol. The molecule has 0 spiro atoms. The quantitative estimate of drug-likeness (QED) is 0.734. The third-order valence-corrected chi connectivity index (χ3v) is 4.78. The second kappa shape index (κ2) is 6.03. The molecular formula is C12H19N3O3S. The van der Waals surface area contributed by atoms with Gasteiger partial charge < -0.3 is 11.5 Å². The number of primary amides is 1. The van der Waals surface area contributed by atoms with Crippen LogP contribution < -0.4 is 11.5 Å². The number of likely N-dealkylation sites (N-methyl/N-ethyl adjacent to an activating group) is 1. The summed E-state index contributed by atoms with van der Waals surface area (Å²) in [6.07, 6.45) is 0.559. The van der Waals surface area contributed by atoms with Gasteiger partial charge in [0.1, 0.15) is 0 Å². The van der Waals surface area contributed by atoms with E-state index in [0.29, 0.717) is 17.7 Å². The van der Waals surface area contributed by atoms with Crippen LogP contribution in [0.1, 0.15) is 19.4 Å². The molecule has 0 bridgehead atoms. The summed E-state index contributed by atoms with van der Waals surface area (Å²) >= 11 is 0. The highest BCUT2D eigenvalue weighted by atomic mass is 32.2. The van der Waals surface area contributed by atoms with E-state index in [0.717, 1.165) is 4.31 Å². The number of carbonyl (C=O) groups excluding carboxylic acids is 1. The van der Waals surface area contributed by atoms with E-state index in [-0.39, 0.29) is 18.0 Å². The fourth-order valence-corrected chi connectivity index (χ4v) is 3.53. The standard InChI is InChI=1S/C12H19N3O3S/c1-3-9-5-6-10(13)7-11(9)19(17,18)15(4-2)8-12(14)16/h5-7H,3-4,8,13H2,1-2H3,(H2,14,16). The van der Waals surface area contributed by atoms with Crippen LogP contribution >= 0.6 is 0 Å². The first-order valence-corrected chi connectivity index (χ1v) is 7.43. The van der Waals surface area contributed by atoms with E-state index in [1.807, 2.05) is 6.92 Å². The molecule has 106 valence electrons. The van der Waals surface area contributed by atoms with Crippen molar-refractivity contribution in [3.05, 3.63) is 23.8 Å². The minimum Gasteiger partial charge on any atom is -0.399 e. The van der Waals surface area contributed by atoms with Gasteiger partial charge in [0.15, 0.2) is 0 Å². The Hall–Kier alpha value is -1.60. The zero-order valence-electron chi connectivity index (χ0n) is 11.1. The zero-order chi connectivity index (χ0) is 14.6. The van der Waals surface area contributed by atoms with Crippen molar-refractivity contribution in [2.24, 2.45) is 5.73 Å². The molecule has 0 radical (unpaired) electrons. The third-order valence-electron chi connectivity index (χ3n) is 2.77. The summed E-state index contributed by atoms with van der Waals surface area (Å²) in [5, 5.41) is 0. The molecule has 1 aromatic rings. The first kappa shape index (κ1) is 15.5. The second-order valence-corrected chi connectivity index (χ2v) is 6.02. The van der Waals surface area contributed by atoms with Gasteiger partial charge in [-0.05, 0) is 24.1 Å². The van der Waals surface area contributed by atoms with Gasteiger partial charge in [0.25, 0.3) is 0 Å². The van der Waals surface area contributed by atoms with Gasteiger partial charge in [-0.1, -0.05) is 19.9 Å². The van der Waals surface area contributed by atoms with E-state index < -0.39 is 15.9 Å². The average molecular weight is 285 g/mol. The smallest absolute Gasteiger partial charge is 0.243 e. The molecule has 6 nitrogen and oxygen atoms in total. The van der Waals surface area contributed by atoms with Crippen molar-refractivity contribution in [2.45, 2.75) is 25.2 Å². The van der Waals surface area contributed by atoms with Crippen molar-refractivity contribution in [3.8, 4) is 0 Å². The Balaban J connectivity index is 3.32. The summed E-state index contributed by atoms with van der Waals surface area (Å²) in [6.45, 7) is 3.34. The predicted molar refractivity (Wildman–Crippen MR) is 73.9 cm³/mol. The topological polar surface area (TPSA) is 106 Å². The van der Waals surface area contributed by atoms with Gasteiger partial charge in [-0.2, -0.15) is 4.31 Å². The number of nitrogens with zero attached hydrogens (tertiary/aromatic N) is 1. The lowest BCUT2D eigenvalue weighted by molar-refractivity contribution is -0.118. The lowest BCUT2D eigenvalue weighted by Crippen LogP contribution is -2.38. The van der Waals surface area contributed by atoms with Crippen LogP contribution in [0.15, 0.2) is 23.1 Å². The van der Waals surface area contributed by atoms with Crippen molar-refractivity contribution >= 4 is 21.6 Å². The van der Waals surface area contributed by atoms with E-state index in [9.17, 15) is 13.2 Å². The highest BCUT2D eigenvalue weighted by Crippen LogP contribution is 2.23. The largest absolute Gasteiger partial charge is 0.399 e. The maximum absolute atomic E-state index is 12.5. The van der Waals surface area contributed by atoms with Crippen LogP contribution in [0.2, 0.25) is 0 Å². The maximum Gasteiger partial charge on any atom is 0.243 e. The molecule has 1 amide bonds. The van der Waals surface area contributed by atoms with Gasteiger partial charge in [0.05, 0.1) is 11.4 Å². The molecule has 7 heteroatoms. The number of nitrogens with two attached hydrogens (primary N) is 2. The molecule has 4 N–H and O–H groups in total. The molecule has 0 atom stereocenters. The van der Waals surface area contributed by atoms with E-state index in [2.05, 4.69) is 0 Å². The number of amides is 1. The van der Waals surface area contributed by atoms with E-state index >= 15 is 0 Å². The summed E-state index contributed by atoms with van der Waals surface area (Å²) < 4.78 is 26.0. The van der Waals surface area contributed by atoms with Crippen LogP contribution in [-0.4, -0.2) is 31.7 Å². The number of sulfonamides is 1. The number of hydrogen-bond donors (Lipinski definition) is 2. The van der Waals surface area contributed by atoms with Crippen LogP contribution in [0.25, 0.3) is 0 Å². The Labute approximate surface area is 113 Å². The van der Waals surface area contributed by atoms with E-state index in [1.165, 1.54) is 6.07 Å². The molecule has 0 aromatic heterocycles. The number of anilines is 1. The zero-order valence-corrected chi connectivity index (χ0v) is 11.9. The normalized spacial score (nSPS) is 11.7. The maximum atomic E-state index is 12.5. The molecule has 0 aliphatic rings. The highest BCUT2D eigenvalue weighted by Gasteiger charge is 2.26. The Morgan fingerprint density at radius 3 is 2.42 bits per heavy atom. The molecule has 1 rings (SSSR count). The van der Waals surface area contributed by atoms with Gasteiger partial charge in [-0.15, -0.1) is 0 Å². The Morgan fingerprint density at radius 1 is 1.32 bits per heavy atom. The molecule has 0 saturated heterocycles.